The highest BCUT2D eigenvalue weighted by Crippen LogP contribution is 2.24. The molecule has 0 aliphatic heterocycles. The average Bonchev–Trinajstić information content (AvgIpc) is 2.88. The quantitative estimate of drug-likeness (QED) is 0.127. The molecular formula is C32H51IN2O2. The van der Waals surface area contributed by atoms with E-state index in [2.05, 4.69) is 49.7 Å². The molecule has 5 heteroatoms. The molecule has 0 unspecified atom stereocenters. The van der Waals surface area contributed by atoms with Crippen LogP contribution in [0.25, 0.3) is 0 Å². The summed E-state index contributed by atoms with van der Waals surface area (Å²) in [4.78, 5) is 14.4. The zero-order chi connectivity index (χ0) is 26.0. The Morgan fingerprint density at radius 1 is 0.811 bits per heavy atom. The first kappa shape index (κ1) is 33.4. The van der Waals surface area contributed by atoms with Crippen molar-refractivity contribution in [1.82, 2.24) is 4.90 Å². The Balaban J connectivity index is 0.00000684. The van der Waals surface area contributed by atoms with Gasteiger partial charge >= 0.3 is 0 Å². The van der Waals surface area contributed by atoms with Crippen molar-refractivity contribution < 1.29 is 38.1 Å². The fraction of sp³-hybridized carbons (Fsp3) is 0.625. The van der Waals surface area contributed by atoms with Crippen LogP contribution in [-0.2, 0) is 24.4 Å². The van der Waals surface area contributed by atoms with Crippen LogP contribution in [0.15, 0.2) is 42.6 Å². The molecule has 0 N–H and O–H groups in total. The highest BCUT2D eigenvalue weighted by molar-refractivity contribution is 5.73. The number of unbranched alkanes of at least 4 members (excludes halogenated alkanes) is 11. The number of halogens is 1. The molecule has 1 aromatic carbocycles. The molecule has 2 rings (SSSR count). The lowest BCUT2D eigenvalue weighted by molar-refractivity contribution is -0.701. The molecule has 0 saturated carbocycles. The largest absolute Gasteiger partial charge is 1.00 e. The second-order valence-electron chi connectivity index (χ2n) is 10.1. The van der Waals surface area contributed by atoms with Crippen LogP contribution in [0.4, 0.5) is 0 Å². The van der Waals surface area contributed by atoms with Gasteiger partial charge in [-0.05, 0) is 37.5 Å². The number of benzene rings is 1. The fourth-order valence-electron chi connectivity index (χ4n) is 4.76. The minimum atomic E-state index is 0. The van der Waals surface area contributed by atoms with E-state index in [9.17, 15) is 4.79 Å². The van der Waals surface area contributed by atoms with Gasteiger partial charge in [0.15, 0.2) is 6.20 Å². The monoisotopic (exact) mass is 622 g/mol. The molecule has 208 valence electrons. The number of nitrogens with zero attached hydrogens (tertiary/aromatic N) is 2. The Kier molecular flexibility index (Phi) is 18.4. The Bertz CT molecular complexity index is 887. The molecular weight excluding hydrogens is 571 g/mol. The number of aromatic nitrogens is 1. The number of hydrogen-bond acceptors (Lipinski definition) is 2. The van der Waals surface area contributed by atoms with Crippen molar-refractivity contribution in [2.24, 2.45) is 0 Å². The Morgan fingerprint density at radius 3 is 2.03 bits per heavy atom. The van der Waals surface area contributed by atoms with Crippen molar-refractivity contribution in [2.45, 2.75) is 124 Å². The minimum Gasteiger partial charge on any atom is -1.00 e. The fourth-order valence-corrected chi connectivity index (χ4v) is 4.76. The molecule has 4 nitrogen and oxygen atoms in total. The van der Waals surface area contributed by atoms with Gasteiger partial charge in [0.05, 0.1) is 6.61 Å². The van der Waals surface area contributed by atoms with Crippen molar-refractivity contribution in [1.29, 1.82) is 0 Å². The summed E-state index contributed by atoms with van der Waals surface area (Å²) < 4.78 is 8.35. The van der Waals surface area contributed by atoms with Gasteiger partial charge in [0.25, 0.3) is 0 Å². The number of rotatable bonds is 19. The van der Waals surface area contributed by atoms with Crippen LogP contribution in [0.3, 0.4) is 0 Å². The summed E-state index contributed by atoms with van der Waals surface area (Å²) in [7, 11) is 0. The molecule has 0 atom stereocenters. The van der Waals surface area contributed by atoms with E-state index in [0.29, 0.717) is 13.1 Å². The maximum Gasteiger partial charge on any atom is 0.220 e. The van der Waals surface area contributed by atoms with Crippen LogP contribution in [0, 0.1) is 6.92 Å². The first-order valence-electron chi connectivity index (χ1n) is 14.5. The molecule has 0 saturated heterocycles. The summed E-state index contributed by atoms with van der Waals surface area (Å²) in [5, 5.41) is 0. The molecule has 0 aliphatic rings. The van der Waals surface area contributed by atoms with Crippen LogP contribution in [0.1, 0.15) is 115 Å². The molecule has 2 aromatic rings. The van der Waals surface area contributed by atoms with Gasteiger partial charge in [-0.3, -0.25) is 4.79 Å². The van der Waals surface area contributed by atoms with E-state index in [4.69, 9.17) is 4.74 Å². The smallest absolute Gasteiger partial charge is 0.220 e. The molecule has 1 amide bonds. The number of carbonyl (C=O) groups is 1. The van der Waals surface area contributed by atoms with Crippen molar-refractivity contribution >= 4 is 5.91 Å². The van der Waals surface area contributed by atoms with Gasteiger partial charge in [0.1, 0.15) is 18.8 Å². The summed E-state index contributed by atoms with van der Waals surface area (Å²) in [6, 6.07) is 12.4. The number of hydrogen-bond donors (Lipinski definition) is 0. The molecule has 37 heavy (non-hydrogen) atoms. The van der Waals surface area contributed by atoms with Crippen molar-refractivity contribution in [3.05, 3.63) is 59.4 Å². The lowest BCUT2D eigenvalue weighted by Crippen LogP contribution is -3.00. The van der Waals surface area contributed by atoms with E-state index in [0.717, 1.165) is 42.1 Å². The van der Waals surface area contributed by atoms with Gasteiger partial charge in [-0.15, -0.1) is 0 Å². The van der Waals surface area contributed by atoms with Crippen LogP contribution >= 0.6 is 0 Å². The van der Waals surface area contributed by atoms with E-state index in [-0.39, 0.29) is 29.9 Å². The predicted molar refractivity (Wildman–Crippen MR) is 150 cm³/mol. The second kappa shape index (κ2) is 20.3. The van der Waals surface area contributed by atoms with Crippen LogP contribution in [0.5, 0.6) is 5.75 Å². The lowest BCUT2D eigenvalue weighted by Gasteiger charge is -2.22. The third-order valence-electron chi connectivity index (χ3n) is 7.19. The highest BCUT2D eigenvalue weighted by Gasteiger charge is 2.18. The first-order valence-corrected chi connectivity index (χ1v) is 14.5. The molecule has 0 bridgehead atoms. The third-order valence-corrected chi connectivity index (χ3v) is 7.19. The number of carbonyl (C=O) groups excluding carboxylic acids is 1. The van der Waals surface area contributed by atoms with Crippen LogP contribution < -0.4 is 33.3 Å². The van der Waals surface area contributed by atoms with Crippen molar-refractivity contribution in [2.75, 3.05) is 6.61 Å². The van der Waals surface area contributed by atoms with Gasteiger partial charge in [-0.2, -0.15) is 0 Å². The van der Waals surface area contributed by atoms with Gasteiger partial charge in [0, 0.05) is 25.6 Å². The topological polar surface area (TPSA) is 33.4 Å². The summed E-state index contributed by atoms with van der Waals surface area (Å²) in [5.74, 6) is 1.03. The van der Waals surface area contributed by atoms with Crippen LogP contribution in [0.2, 0.25) is 0 Å². The molecule has 0 radical (unpaired) electrons. The molecule has 1 heterocycles. The maximum atomic E-state index is 12.4. The number of aryl methyl sites for hydroxylation is 1. The molecule has 0 spiro atoms. The summed E-state index contributed by atoms with van der Waals surface area (Å²) in [6.07, 6.45) is 18.2. The van der Waals surface area contributed by atoms with E-state index in [1.807, 2.05) is 23.1 Å². The van der Waals surface area contributed by atoms with E-state index in [1.54, 1.807) is 6.92 Å². The molecule has 1 aromatic heterocycles. The minimum absolute atomic E-state index is 0. The van der Waals surface area contributed by atoms with E-state index >= 15 is 0 Å². The zero-order valence-corrected chi connectivity index (χ0v) is 26.1. The normalized spacial score (nSPS) is 10.7. The summed E-state index contributed by atoms with van der Waals surface area (Å²) in [6.45, 7) is 11.0. The van der Waals surface area contributed by atoms with Crippen molar-refractivity contribution in [3.8, 4) is 5.75 Å². The Hall–Kier alpha value is -1.63. The van der Waals surface area contributed by atoms with Gasteiger partial charge in [0.2, 0.25) is 11.6 Å². The SMILES string of the molecule is CCCCCCCCCCCCCCOc1cccc(CN(Cc2cccc[n+]2CC)C(C)=O)c1C.[I-]. The number of pyridine rings is 1. The van der Waals surface area contributed by atoms with Crippen molar-refractivity contribution in [3.63, 3.8) is 0 Å². The summed E-state index contributed by atoms with van der Waals surface area (Å²) >= 11 is 0. The second-order valence-corrected chi connectivity index (χ2v) is 10.1. The van der Waals surface area contributed by atoms with Crippen LogP contribution in [-0.4, -0.2) is 17.4 Å². The van der Waals surface area contributed by atoms with Gasteiger partial charge in [-0.1, -0.05) is 95.8 Å². The molecule has 0 fully saturated rings. The van der Waals surface area contributed by atoms with E-state index < -0.39 is 0 Å². The summed E-state index contributed by atoms with van der Waals surface area (Å²) in [5.41, 5.74) is 3.43. The van der Waals surface area contributed by atoms with Gasteiger partial charge < -0.3 is 33.6 Å². The van der Waals surface area contributed by atoms with Gasteiger partial charge in [-0.25, -0.2) is 4.57 Å². The average molecular weight is 623 g/mol. The Labute approximate surface area is 244 Å². The standard InChI is InChI=1S/C32H51N2O2.HI/c1-5-7-8-9-10-11-12-13-14-15-16-19-25-36-32-23-20-21-30(28(32)3)26-34(29(4)35)27-31-22-17-18-24-33(31)6-2;/h17-18,20-24H,5-16,19,25-27H2,1-4H3;1H/q+1;/p-1. The maximum absolute atomic E-state index is 12.4. The third kappa shape index (κ3) is 13.1. The van der Waals surface area contributed by atoms with E-state index in [1.165, 1.54) is 70.6 Å². The number of amides is 1. The predicted octanol–water partition coefficient (Wildman–Crippen LogP) is 4.94. The molecule has 0 aliphatic carbocycles. The Morgan fingerprint density at radius 2 is 1.43 bits per heavy atom. The first-order chi connectivity index (χ1) is 17.6. The lowest BCUT2D eigenvalue weighted by atomic mass is 10.1. The zero-order valence-electron chi connectivity index (χ0n) is 23.9. The highest BCUT2D eigenvalue weighted by atomic mass is 127. The number of ether oxygens (including phenoxy) is 1.